The summed E-state index contributed by atoms with van der Waals surface area (Å²) in [6.07, 6.45) is 10.8. The SMILES string of the molecule is C=CC[n+]1ccc(/C=C/c2ccc(C=O)cc2)cc1. The third kappa shape index (κ3) is 3.75. The lowest BCUT2D eigenvalue weighted by Gasteiger charge is -1.95. The van der Waals surface area contributed by atoms with Gasteiger partial charge in [-0.25, -0.2) is 4.57 Å². The molecule has 0 unspecified atom stereocenters. The molecule has 0 radical (unpaired) electrons. The summed E-state index contributed by atoms with van der Waals surface area (Å²) in [5.41, 5.74) is 2.91. The van der Waals surface area contributed by atoms with E-state index in [-0.39, 0.29) is 0 Å². The van der Waals surface area contributed by atoms with Crippen LogP contribution in [0.4, 0.5) is 0 Å². The van der Waals surface area contributed by atoms with Gasteiger partial charge in [-0.05, 0) is 17.2 Å². The van der Waals surface area contributed by atoms with Crippen LogP contribution in [-0.2, 0) is 6.54 Å². The van der Waals surface area contributed by atoms with Crippen molar-refractivity contribution in [2.45, 2.75) is 6.54 Å². The maximum absolute atomic E-state index is 10.6. The number of hydrogen-bond acceptors (Lipinski definition) is 1. The molecule has 2 heteroatoms. The number of rotatable bonds is 5. The van der Waals surface area contributed by atoms with Crippen LogP contribution in [0.15, 0.2) is 61.4 Å². The highest BCUT2D eigenvalue weighted by Gasteiger charge is 1.95. The first-order valence-electron chi connectivity index (χ1n) is 6.15. The van der Waals surface area contributed by atoms with Crippen LogP contribution in [0, 0.1) is 0 Å². The Balaban J connectivity index is 2.08. The van der Waals surface area contributed by atoms with Gasteiger partial charge < -0.3 is 0 Å². The van der Waals surface area contributed by atoms with E-state index >= 15 is 0 Å². The fourth-order valence-corrected chi connectivity index (χ4v) is 1.73. The fraction of sp³-hybridized carbons (Fsp3) is 0.0588. The van der Waals surface area contributed by atoms with Gasteiger partial charge in [0.1, 0.15) is 6.29 Å². The van der Waals surface area contributed by atoms with E-state index in [0.29, 0.717) is 5.56 Å². The fourth-order valence-electron chi connectivity index (χ4n) is 1.73. The van der Waals surface area contributed by atoms with Gasteiger partial charge in [-0.1, -0.05) is 43.0 Å². The highest BCUT2D eigenvalue weighted by Crippen LogP contribution is 2.08. The Morgan fingerprint density at radius 2 is 1.42 bits per heavy atom. The number of benzene rings is 1. The van der Waals surface area contributed by atoms with E-state index in [1.807, 2.05) is 54.9 Å². The minimum Gasteiger partial charge on any atom is -0.298 e. The van der Waals surface area contributed by atoms with Crippen molar-refractivity contribution in [2.24, 2.45) is 0 Å². The summed E-state index contributed by atoms with van der Waals surface area (Å²) in [7, 11) is 0. The number of hydrogen-bond donors (Lipinski definition) is 0. The van der Waals surface area contributed by atoms with Gasteiger partial charge in [0, 0.05) is 17.7 Å². The first-order chi connectivity index (χ1) is 9.31. The molecule has 19 heavy (non-hydrogen) atoms. The van der Waals surface area contributed by atoms with Crippen LogP contribution in [0.1, 0.15) is 21.5 Å². The molecule has 1 aromatic heterocycles. The standard InChI is InChI=1S/C17H16NO/c1-2-11-18-12-9-16(10-13-18)4-3-15-5-7-17(14-19)8-6-15/h2-10,12-14H,1,11H2/q+1/b4-3+. The molecule has 2 aromatic rings. The number of aldehydes is 1. The Labute approximate surface area is 113 Å². The summed E-state index contributed by atoms with van der Waals surface area (Å²) in [5.74, 6) is 0. The minimum atomic E-state index is 0.697. The molecule has 0 spiro atoms. The molecular weight excluding hydrogens is 234 g/mol. The van der Waals surface area contributed by atoms with Gasteiger partial charge in [-0.3, -0.25) is 4.79 Å². The lowest BCUT2D eigenvalue weighted by molar-refractivity contribution is -0.687. The monoisotopic (exact) mass is 250 g/mol. The Morgan fingerprint density at radius 1 is 0.895 bits per heavy atom. The molecule has 0 aliphatic rings. The molecule has 1 aromatic carbocycles. The normalized spacial score (nSPS) is 10.5. The van der Waals surface area contributed by atoms with Crippen molar-refractivity contribution in [3.8, 4) is 0 Å². The zero-order valence-corrected chi connectivity index (χ0v) is 10.7. The summed E-state index contributed by atoms with van der Waals surface area (Å²) < 4.78 is 2.06. The topological polar surface area (TPSA) is 20.9 Å². The van der Waals surface area contributed by atoms with E-state index in [2.05, 4.69) is 23.3 Å². The molecule has 2 rings (SSSR count). The average molecular weight is 250 g/mol. The van der Waals surface area contributed by atoms with Gasteiger partial charge in [-0.15, -0.1) is 0 Å². The molecule has 0 bridgehead atoms. The lowest BCUT2D eigenvalue weighted by atomic mass is 10.1. The Hall–Kier alpha value is -2.48. The zero-order chi connectivity index (χ0) is 13.5. The predicted molar refractivity (Wildman–Crippen MR) is 77.6 cm³/mol. The van der Waals surface area contributed by atoms with Crippen LogP contribution in [-0.4, -0.2) is 6.29 Å². The van der Waals surface area contributed by atoms with E-state index in [0.717, 1.165) is 24.0 Å². The summed E-state index contributed by atoms with van der Waals surface area (Å²) in [5, 5.41) is 0. The second kappa shape index (κ2) is 6.45. The van der Waals surface area contributed by atoms with E-state index in [4.69, 9.17) is 0 Å². The molecule has 0 amide bonds. The van der Waals surface area contributed by atoms with Gasteiger partial charge in [0.2, 0.25) is 0 Å². The largest absolute Gasteiger partial charge is 0.298 e. The summed E-state index contributed by atoms with van der Waals surface area (Å²) in [6.45, 7) is 4.53. The number of pyridine rings is 1. The molecule has 0 fully saturated rings. The number of aromatic nitrogens is 1. The molecule has 0 N–H and O–H groups in total. The minimum absolute atomic E-state index is 0.697. The van der Waals surface area contributed by atoms with Crippen molar-refractivity contribution in [1.29, 1.82) is 0 Å². The van der Waals surface area contributed by atoms with Crippen LogP contribution in [0.2, 0.25) is 0 Å². The van der Waals surface area contributed by atoms with Gasteiger partial charge in [-0.2, -0.15) is 0 Å². The van der Waals surface area contributed by atoms with E-state index in [9.17, 15) is 4.79 Å². The van der Waals surface area contributed by atoms with Gasteiger partial charge in [0.15, 0.2) is 18.9 Å². The van der Waals surface area contributed by atoms with E-state index in [1.54, 1.807) is 0 Å². The second-order valence-electron chi connectivity index (χ2n) is 4.23. The summed E-state index contributed by atoms with van der Waals surface area (Å²) >= 11 is 0. The van der Waals surface area contributed by atoms with Crippen molar-refractivity contribution < 1.29 is 9.36 Å². The van der Waals surface area contributed by atoms with Crippen LogP contribution >= 0.6 is 0 Å². The van der Waals surface area contributed by atoms with E-state index < -0.39 is 0 Å². The molecule has 0 aliphatic heterocycles. The average Bonchev–Trinajstić information content (AvgIpc) is 2.47. The molecule has 0 saturated heterocycles. The molecule has 2 nitrogen and oxygen atoms in total. The third-order valence-electron chi connectivity index (χ3n) is 2.80. The lowest BCUT2D eigenvalue weighted by Crippen LogP contribution is -2.31. The van der Waals surface area contributed by atoms with Crippen LogP contribution in [0.25, 0.3) is 12.2 Å². The molecule has 1 heterocycles. The first kappa shape index (κ1) is 13.0. The quantitative estimate of drug-likeness (QED) is 0.453. The van der Waals surface area contributed by atoms with E-state index in [1.165, 1.54) is 0 Å². The summed E-state index contributed by atoms with van der Waals surface area (Å²) in [4.78, 5) is 10.6. The van der Waals surface area contributed by atoms with Crippen LogP contribution in [0.5, 0.6) is 0 Å². The maximum atomic E-state index is 10.6. The molecule has 0 atom stereocenters. The van der Waals surface area contributed by atoms with Crippen molar-refractivity contribution >= 4 is 18.4 Å². The maximum Gasteiger partial charge on any atom is 0.169 e. The molecule has 0 aliphatic carbocycles. The smallest absolute Gasteiger partial charge is 0.169 e. The van der Waals surface area contributed by atoms with Crippen molar-refractivity contribution in [2.75, 3.05) is 0 Å². The highest BCUT2D eigenvalue weighted by atomic mass is 16.1. The first-order valence-corrected chi connectivity index (χ1v) is 6.15. The van der Waals surface area contributed by atoms with Crippen molar-refractivity contribution in [3.05, 3.63) is 78.1 Å². The van der Waals surface area contributed by atoms with Gasteiger partial charge in [0.05, 0.1) is 0 Å². The summed E-state index contributed by atoms with van der Waals surface area (Å²) in [6, 6.07) is 11.6. The molecule has 0 saturated carbocycles. The Kier molecular flexibility index (Phi) is 4.40. The Bertz CT molecular complexity index is 580. The third-order valence-corrected chi connectivity index (χ3v) is 2.80. The highest BCUT2D eigenvalue weighted by molar-refractivity contribution is 5.76. The van der Waals surface area contributed by atoms with Gasteiger partial charge >= 0.3 is 0 Å². The number of carbonyl (C=O) groups is 1. The van der Waals surface area contributed by atoms with Crippen LogP contribution in [0.3, 0.4) is 0 Å². The van der Waals surface area contributed by atoms with Gasteiger partial charge in [0.25, 0.3) is 0 Å². The zero-order valence-electron chi connectivity index (χ0n) is 10.7. The molecule has 94 valence electrons. The number of carbonyl (C=O) groups excluding carboxylic acids is 1. The number of nitrogens with zero attached hydrogens (tertiary/aromatic N) is 1. The second-order valence-corrected chi connectivity index (χ2v) is 4.23. The number of allylic oxidation sites excluding steroid dienone is 1. The van der Waals surface area contributed by atoms with Crippen LogP contribution < -0.4 is 4.57 Å². The Morgan fingerprint density at radius 3 is 1.95 bits per heavy atom. The van der Waals surface area contributed by atoms with Crippen molar-refractivity contribution in [3.63, 3.8) is 0 Å². The van der Waals surface area contributed by atoms with Crippen molar-refractivity contribution in [1.82, 2.24) is 0 Å². The molecular formula is C17H16NO+. The predicted octanol–water partition coefficient (Wildman–Crippen LogP) is 3.14.